The summed E-state index contributed by atoms with van der Waals surface area (Å²) in [5.41, 5.74) is 1.84. The molecule has 2 fully saturated rings. The van der Waals surface area contributed by atoms with Crippen molar-refractivity contribution in [2.24, 2.45) is 0 Å². The van der Waals surface area contributed by atoms with Crippen molar-refractivity contribution in [3.05, 3.63) is 52.0 Å². The second-order valence-corrected chi connectivity index (χ2v) is 7.41. The lowest BCUT2D eigenvalue weighted by atomic mass is 10.1. The number of hydrogen-bond acceptors (Lipinski definition) is 4. The third-order valence-corrected chi connectivity index (χ3v) is 5.63. The van der Waals surface area contributed by atoms with Crippen LogP contribution in [0.4, 0.5) is 0 Å². The Kier molecular flexibility index (Phi) is 4.14. The van der Waals surface area contributed by atoms with Gasteiger partial charge in [-0.25, -0.2) is 4.98 Å². The van der Waals surface area contributed by atoms with Crippen molar-refractivity contribution < 1.29 is 4.79 Å². The number of thiazole rings is 1. The highest BCUT2D eigenvalue weighted by molar-refractivity contribution is 7.09. The van der Waals surface area contributed by atoms with Gasteiger partial charge >= 0.3 is 0 Å². The van der Waals surface area contributed by atoms with E-state index >= 15 is 0 Å². The average Bonchev–Trinajstić information content (AvgIpc) is 3.14. The summed E-state index contributed by atoms with van der Waals surface area (Å²) in [4.78, 5) is 19.3. The van der Waals surface area contributed by atoms with Crippen molar-refractivity contribution in [1.29, 1.82) is 0 Å². The maximum atomic E-state index is 12.7. The Morgan fingerprint density at radius 3 is 2.91 bits per heavy atom. The van der Waals surface area contributed by atoms with Crippen LogP contribution < -0.4 is 5.32 Å². The monoisotopic (exact) mass is 327 g/mol. The quantitative estimate of drug-likeness (QED) is 0.943. The van der Waals surface area contributed by atoms with E-state index in [4.69, 9.17) is 0 Å². The number of nitrogens with zero attached hydrogens (tertiary/aromatic N) is 2. The molecule has 2 unspecified atom stereocenters. The van der Waals surface area contributed by atoms with Crippen molar-refractivity contribution in [1.82, 2.24) is 15.2 Å². The first-order valence-electron chi connectivity index (χ1n) is 8.31. The Balaban J connectivity index is 1.44. The fourth-order valence-electron chi connectivity index (χ4n) is 3.55. The van der Waals surface area contributed by atoms with Crippen LogP contribution in [0, 0.1) is 0 Å². The molecule has 1 amide bonds. The van der Waals surface area contributed by atoms with E-state index in [1.807, 2.05) is 28.5 Å². The van der Waals surface area contributed by atoms with E-state index in [2.05, 4.69) is 22.4 Å². The molecule has 0 aliphatic carbocycles. The summed E-state index contributed by atoms with van der Waals surface area (Å²) in [6.07, 6.45) is 4.30. The number of likely N-dealkylation sites (tertiary alicyclic amines) is 1. The summed E-state index contributed by atoms with van der Waals surface area (Å²) >= 11 is 1.58. The van der Waals surface area contributed by atoms with Crippen LogP contribution in [0.15, 0.2) is 35.7 Å². The number of rotatable bonds is 3. The Hall–Kier alpha value is -1.72. The van der Waals surface area contributed by atoms with Crippen LogP contribution in [0.25, 0.3) is 0 Å². The first-order valence-corrected chi connectivity index (χ1v) is 9.19. The Morgan fingerprint density at radius 2 is 2.04 bits per heavy atom. The summed E-state index contributed by atoms with van der Waals surface area (Å²) in [5, 5.41) is 6.54. The van der Waals surface area contributed by atoms with Crippen molar-refractivity contribution in [2.45, 2.75) is 37.8 Å². The van der Waals surface area contributed by atoms with Gasteiger partial charge < -0.3 is 10.2 Å². The minimum Gasteiger partial charge on any atom is -0.336 e. The highest BCUT2D eigenvalue weighted by atomic mass is 32.1. The molecule has 0 saturated carbocycles. The van der Waals surface area contributed by atoms with Gasteiger partial charge in [0.15, 0.2) is 0 Å². The SMILES string of the molecule is O=C(c1csc(Cc2ccccc2)n1)N1CCC2CCC(C1)N2. The maximum Gasteiger partial charge on any atom is 0.273 e. The Bertz CT molecular complexity index is 685. The van der Waals surface area contributed by atoms with E-state index in [-0.39, 0.29) is 5.91 Å². The van der Waals surface area contributed by atoms with Gasteiger partial charge in [0.05, 0.1) is 5.01 Å². The Morgan fingerprint density at radius 1 is 1.22 bits per heavy atom. The number of nitrogens with one attached hydrogen (secondary N) is 1. The van der Waals surface area contributed by atoms with Gasteiger partial charge in [-0.2, -0.15) is 0 Å². The van der Waals surface area contributed by atoms with Crippen LogP contribution in [-0.2, 0) is 6.42 Å². The van der Waals surface area contributed by atoms with E-state index in [1.165, 1.54) is 18.4 Å². The first-order chi connectivity index (χ1) is 11.3. The summed E-state index contributed by atoms with van der Waals surface area (Å²) in [6.45, 7) is 1.67. The second-order valence-electron chi connectivity index (χ2n) is 6.47. The zero-order chi connectivity index (χ0) is 15.6. The molecule has 2 aliphatic heterocycles. The van der Waals surface area contributed by atoms with Crippen LogP contribution in [0.2, 0.25) is 0 Å². The van der Waals surface area contributed by atoms with Gasteiger partial charge in [0, 0.05) is 37.0 Å². The molecule has 1 aromatic heterocycles. The molecule has 1 N–H and O–H groups in total. The average molecular weight is 327 g/mol. The van der Waals surface area contributed by atoms with E-state index in [1.54, 1.807) is 11.3 Å². The van der Waals surface area contributed by atoms with Gasteiger partial charge in [-0.05, 0) is 24.8 Å². The molecule has 2 aromatic rings. The van der Waals surface area contributed by atoms with Gasteiger partial charge in [-0.15, -0.1) is 11.3 Å². The largest absolute Gasteiger partial charge is 0.336 e. The lowest BCUT2D eigenvalue weighted by molar-refractivity contribution is 0.0743. The molecule has 3 heterocycles. The normalized spacial score (nSPS) is 23.7. The number of benzene rings is 1. The molecular formula is C18H21N3OS. The lowest BCUT2D eigenvalue weighted by Crippen LogP contribution is -2.39. The third kappa shape index (κ3) is 3.31. The van der Waals surface area contributed by atoms with Gasteiger partial charge in [0.25, 0.3) is 5.91 Å². The van der Waals surface area contributed by atoms with Gasteiger partial charge in [-0.3, -0.25) is 4.79 Å². The number of fused-ring (bicyclic) bond motifs is 2. The summed E-state index contributed by atoms with van der Waals surface area (Å²) < 4.78 is 0. The first kappa shape index (κ1) is 14.8. The number of carbonyl (C=O) groups is 1. The van der Waals surface area contributed by atoms with Crippen molar-refractivity contribution >= 4 is 17.2 Å². The van der Waals surface area contributed by atoms with Gasteiger partial charge in [0.1, 0.15) is 5.69 Å². The molecule has 0 radical (unpaired) electrons. The number of hydrogen-bond donors (Lipinski definition) is 1. The zero-order valence-corrected chi connectivity index (χ0v) is 13.9. The summed E-state index contributed by atoms with van der Waals surface area (Å²) in [7, 11) is 0. The highest BCUT2D eigenvalue weighted by Crippen LogP contribution is 2.22. The second kappa shape index (κ2) is 6.42. The molecule has 0 spiro atoms. The third-order valence-electron chi connectivity index (χ3n) is 4.78. The zero-order valence-electron chi connectivity index (χ0n) is 13.1. The van der Waals surface area contributed by atoms with Crippen molar-refractivity contribution in [3.63, 3.8) is 0 Å². The van der Waals surface area contributed by atoms with Crippen LogP contribution >= 0.6 is 11.3 Å². The lowest BCUT2D eigenvalue weighted by Gasteiger charge is -2.23. The summed E-state index contributed by atoms with van der Waals surface area (Å²) in [5.74, 6) is 0.0925. The molecule has 4 rings (SSSR count). The van der Waals surface area contributed by atoms with Crippen LogP contribution in [0.5, 0.6) is 0 Å². The predicted molar refractivity (Wildman–Crippen MR) is 91.8 cm³/mol. The van der Waals surface area contributed by atoms with Crippen LogP contribution in [-0.4, -0.2) is 41.0 Å². The van der Waals surface area contributed by atoms with E-state index < -0.39 is 0 Å². The van der Waals surface area contributed by atoms with Crippen molar-refractivity contribution in [2.75, 3.05) is 13.1 Å². The van der Waals surface area contributed by atoms with Crippen molar-refractivity contribution in [3.8, 4) is 0 Å². The van der Waals surface area contributed by atoms with Crippen LogP contribution in [0.1, 0.15) is 40.3 Å². The summed E-state index contributed by atoms with van der Waals surface area (Å²) in [6, 6.07) is 11.3. The molecule has 2 bridgehead atoms. The smallest absolute Gasteiger partial charge is 0.273 e. The number of aromatic nitrogens is 1. The highest BCUT2D eigenvalue weighted by Gasteiger charge is 2.32. The molecular weight excluding hydrogens is 306 g/mol. The molecule has 2 saturated heterocycles. The van der Waals surface area contributed by atoms with E-state index in [9.17, 15) is 4.79 Å². The predicted octanol–water partition coefficient (Wildman–Crippen LogP) is 2.70. The molecule has 5 heteroatoms. The fraction of sp³-hybridized carbons (Fsp3) is 0.444. The number of carbonyl (C=O) groups excluding carboxylic acids is 1. The fourth-order valence-corrected chi connectivity index (χ4v) is 4.35. The minimum absolute atomic E-state index is 0.0925. The standard InChI is InChI=1S/C18H21N3OS/c22-18(21-9-8-14-6-7-15(11-21)19-14)16-12-23-17(20-16)10-13-4-2-1-3-5-13/h1-5,12,14-15,19H,6-11H2. The molecule has 23 heavy (non-hydrogen) atoms. The van der Waals surface area contributed by atoms with Crippen LogP contribution in [0.3, 0.4) is 0 Å². The molecule has 2 atom stereocenters. The van der Waals surface area contributed by atoms with E-state index in [0.717, 1.165) is 30.9 Å². The Labute approximate surface area is 140 Å². The van der Waals surface area contributed by atoms with Gasteiger partial charge in [0.2, 0.25) is 0 Å². The number of amides is 1. The molecule has 1 aromatic carbocycles. The van der Waals surface area contributed by atoms with E-state index in [0.29, 0.717) is 17.8 Å². The van der Waals surface area contributed by atoms with Gasteiger partial charge in [-0.1, -0.05) is 30.3 Å². The molecule has 120 valence electrons. The topological polar surface area (TPSA) is 45.2 Å². The minimum atomic E-state index is 0.0925. The molecule has 2 aliphatic rings. The maximum absolute atomic E-state index is 12.7. The molecule has 4 nitrogen and oxygen atoms in total.